The van der Waals surface area contributed by atoms with Crippen LogP contribution in [0.3, 0.4) is 0 Å². The van der Waals surface area contributed by atoms with Gasteiger partial charge in [0.15, 0.2) is 5.58 Å². The molecule has 6 heteroatoms. The van der Waals surface area contributed by atoms with Crippen molar-refractivity contribution >= 4 is 17.0 Å². The molecule has 3 aromatic carbocycles. The summed E-state index contributed by atoms with van der Waals surface area (Å²) in [4.78, 5) is 29.2. The van der Waals surface area contributed by atoms with Crippen molar-refractivity contribution < 1.29 is 13.9 Å². The first-order valence-electron chi connectivity index (χ1n) is 9.77. The number of amides is 1. The topological polar surface area (TPSA) is 75.5 Å². The van der Waals surface area contributed by atoms with Gasteiger partial charge in [-0.2, -0.15) is 0 Å². The van der Waals surface area contributed by atoms with Crippen LogP contribution < -0.4 is 10.5 Å². The smallest absolute Gasteiger partial charge is 0.417 e. The quantitative estimate of drug-likeness (QED) is 0.548. The highest BCUT2D eigenvalue weighted by atomic mass is 16.5. The van der Waals surface area contributed by atoms with E-state index < -0.39 is 5.76 Å². The number of methoxy groups -OCH3 is 1. The number of hydrogen-bond acceptors (Lipinski definition) is 4. The van der Waals surface area contributed by atoms with Gasteiger partial charge in [-0.05, 0) is 53.4 Å². The second kappa shape index (κ2) is 7.22. The van der Waals surface area contributed by atoms with Gasteiger partial charge < -0.3 is 14.1 Å². The molecule has 0 bridgehead atoms. The van der Waals surface area contributed by atoms with Crippen LogP contribution in [-0.2, 0) is 13.0 Å². The Hall–Kier alpha value is -3.80. The molecule has 0 saturated carbocycles. The molecule has 4 aromatic rings. The van der Waals surface area contributed by atoms with Gasteiger partial charge in [0.05, 0.1) is 18.7 Å². The molecule has 1 N–H and O–H groups in total. The van der Waals surface area contributed by atoms with Crippen molar-refractivity contribution in [3.63, 3.8) is 0 Å². The molecule has 150 valence electrons. The third kappa shape index (κ3) is 3.16. The fourth-order valence-electron chi connectivity index (χ4n) is 4.16. The SMILES string of the molecule is COc1cccc(CC2c3ccccc3C(=O)N2Cc2ccc3[nH]c(=O)oc3c2)c1. The van der Waals surface area contributed by atoms with Crippen molar-refractivity contribution in [1.29, 1.82) is 0 Å². The minimum absolute atomic E-state index is 0.00844. The van der Waals surface area contributed by atoms with Gasteiger partial charge in [-0.3, -0.25) is 9.78 Å². The molecule has 5 rings (SSSR count). The second-order valence-electron chi connectivity index (χ2n) is 7.44. The molecule has 0 saturated heterocycles. The average molecular weight is 400 g/mol. The van der Waals surface area contributed by atoms with Gasteiger partial charge in [0.2, 0.25) is 0 Å². The zero-order valence-electron chi connectivity index (χ0n) is 16.4. The Morgan fingerprint density at radius 1 is 1.00 bits per heavy atom. The number of carbonyl (C=O) groups is 1. The Balaban J connectivity index is 1.50. The zero-order valence-corrected chi connectivity index (χ0v) is 16.4. The van der Waals surface area contributed by atoms with E-state index in [-0.39, 0.29) is 11.9 Å². The van der Waals surface area contributed by atoms with E-state index in [1.165, 1.54) is 0 Å². The molecule has 1 aromatic heterocycles. The summed E-state index contributed by atoms with van der Waals surface area (Å²) in [6, 6.07) is 21.1. The number of oxazole rings is 1. The minimum Gasteiger partial charge on any atom is -0.497 e. The predicted octanol–water partition coefficient (Wildman–Crippen LogP) is 4.07. The summed E-state index contributed by atoms with van der Waals surface area (Å²) in [7, 11) is 1.65. The molecule has 30 heavy (non-hydrogen) atoms. The summed E-state index contributed by atoms with van der Waals surface area (Å²) in [5, 5.41) is 0. The van der Waals surface area contributed by atoms with Crippen molar-refractivity contribution in [3.8, 4) is 5.75 Å². The fourth-order valence-corrected chi connectivity index (χ4v) is 4.16. The summed E-state index contributed by atoms with van der Waals surface area (Å²) in [5.41, 5.74) is 4.90. The summed E-state index contributed by atoms with van der Waals surface area (Å²) in [6.45, 7) is 0.424. The van der Waals surface area contributed by atoms with Crippen LogP contribution in [-0.4, -0.2) is 22.9 Å². The van der Waals surface area contributed by atoms with E-state index in [0.717, 1.165) is 28.0 Å². The van der Waals surface area contributed by atoms with Crippen LogP contribution in [0.1, 0.15) is 33.1 Å². The molecule has 2 heterocycles. The fraction of sp³-hybridized carbons (Fsp3) is 0.167. The van der Waals surface area contributed by atoms with Gasteiger partial charge >= 0.3 is 5.76 Å². The monoisotopic (exact) mass is 400 g/mol. The Morgan fingerprint density at radius 2 is 1.87 bits per heavy atom. The van der Waals surface area contributed by atoms with E-state index in [4.69, 9.17) is 9.15 Å². The van der Waals surface area contributed by atoms with Crippen molar-refractivity contribution in [2.75, 3.05) is 7.11 Å². The number of rotatable bonds is 5. The number of carbonyl (C=O) groups excluding carboxylic acids is 1. The maximum absolute atomic E-state index is 13.2. The van der Waals surface area contributed by atoms with Crippen LogP contribution in [0.2, 0.25) is 0 Å². The normalized spacial score (nSPS) is 15.6. The lowest BCUT2D eigenvalue weighted by atomic mass is 9.98. The zero-order chi connectivity index (χ0) is 20.7. The minimum atomic E-state index is -0.484. The van der Waals surface area contributed by atoms with Gasteiger partial charge in [-0.1, -0.05) is 36.4 Å². The number of aromatic amines is 1. The highest BCUT2D eigenvalue weighted by Gasteiger charge is 2.36. The Morgan fingerprint density at radius 3 is 2.73 bits per heavy atom. The molecule has 0 fully saturated rings. The number of fused-ring (bicyclic) bond motifs is 2. The van der Waals surface area contributed by atoms with Gasteiger partial charge in [-0.15, -0.1) is 0 Å². The molecule has 6 nitrogen and oxygen atoms in total. The summed E-state index contributed by atoms with van der Waals surface area (Å²) in [5.74, 6) is 0.321. The summed E-state index contributed by atoms with van der Waals surface area (Å²) in [6.07, 6.45) is 0.682. The highest BCUT2D eigenvalue weighted by molar-refractivity contribution is 5.99. The molecule has 1 aliphatic rings. The van der Waals surface area contributed by atoms with Crippen LogP contribution in [0, 0.1) is 0 Å². The number of aromatic nitrogens is 1. The molecule has 0 radical (unpaired) electrons. The van der Waals surface area contributed by atoms with Gasteiger partial charge in [0.25, 0.3) is 5.91 Å². The van der Waals surface area contributed by atoms with Crippen LogP contribution >= 0.6 is 0 Å². The predicted molar refractivity (Wildman–Crippen MR) is 113 cm³/mol. The maximum Gasteiger partial charge on any atom is 0.417 e. The van der Waals surface area contributed by atoms with Gasteiger partial charge in [0, 0.05) is 12.1 Å². The van der Waals surface area contributed by atoms with E-state index in [0.29, 0.717) is 24.1 Å². The third-order valence-corrected chi connectivity index (χ3v) is 5.59. The lowest BCUT2D eigenvalue weighted by Crippen LogP contribution is -2.28. The van der Waals surface area contributed by atoms with Crippen LogP contribution in [0.5, 0.6) is 5.75 Å². The van der Waals surface area contributed by atoms with Crippen molar-refractivity contribution in [2.24, 2.45) is 0 Å². The van der Waals surface area contributed by atoms with Crippen molar-refractivity contribution in [3.05, 3.63) is 99.5 Å². The number of H-pyrrole nitrogens is 1. The Labute approximate surface area is 172 Å². The van der Waals surface area contributed by atoms with Crippen molar-refractivity contribution in [1.82, 2.24) is 9.88 Å². The first-order chi connectivity index (χ1) is 14.6. The molecule has 1 aliphatic heterocycles. The standard InChI is InChI=1S/C24H20N2O4/c1-29-17-6-4-5-15(11-17)12-21-18-7-2-3-8-19(18)23(27)26(21)14-16-9-10-20-22(13-16)30-24(28)25-20/h2-11,13,21H,12,14H2,1H3,(H,25,28). The second-order valence-corrected chi connectivity index (χ2v) is 7.44. The number of nitrogens with one attached hydrogen (secondary N) is 1. The Bertz CT molecular complexity index is 1300. The van der Waals surface area contributed by atoms with Gasteiger partial charge in [0.1, 0.15) is 5.75 Å². The molecule has 1 amide bonds. The average Bonchev–Trinajstić information content (AvgIpc) is 3.26. The van der Waals surface area contributed by atoms with E-state index in [2.05, 4.69) is 4.98 Å². The number of benzene rings is 3. The first-order valence-corrected chi connectivity index (χ1v) is 9.77. The first kappa shape index (κ1) is 18.2. The highest BCUT2D eigenvalue weighted by Crippen LogP contribution is 2.37. The lowest BCUT2D eigenvalue weighted by molar-refractivity contribution is 0.0709. The Kier molecular flexibility index (Phi) is 4.39. The molecule has 1 atom stereocenters. The number of nitrogens with zero attached hydrogens (tertiary/aromatic N) is 1. The van der Waals surface area contributed by atoms with E-state index in [1.54, 1.807) is 13.2 Å². The molecular formula is C24H20N2O4. The van der Waals surface area contributed by atoms with Crippen LogP contribution in [0.4, 0.5) is 0 Å². The van der Waals surface area contributed by atoms with Crippen molar-refractivity contribution in [2.45, 2.75) is 19.0 Å². The molecule has 0 spiro atoms. The van der Waals surface area contributed by atoms with E-state index in [9.17, 15) is 9.59 Å². The van der Waals surface area contributed by atoms with Crippen LogP contribution in [0.25, 0.3) is 11.1 Å². The van der Waals surface area contributed by atoms with Crippen LogP contribution in [0.15, 0.2) is 75.9 Å². The molecule has 0 aliphatic carbocycles. The van der Waals surface area contributed by atoms with E-state index in [1.807, 2.05) is 65.6 Å². The lowest BCUT2D eigenvalue weighted by Gasteiger charge is -2.26. The molecule has 1 unspecified atom stereocenters. The maximum atomic E-state index is 13.2. The summed E-state index contributed by atoms with van der Waals surface area (Å²) >= 11 is 0. The largest absolute Gasteiger partial charge is 0.497 e. The third-order valence-electron chi connectivity index (χ3n) is 5.59. The van der Waals surface area contributed by atoms with Gasteiger partial charge in [-0.25, -0.2) is 4.79 Å². The summed E-state index contributed by atoms with van der Waals surface area (Å²) < 4.78 is 10.5. The number of hydrogen-bond donors (Lipinski definition) is 1. The molecular weight excluding hydrogens is 380 g/mol. The van der Waals surface area contributed by atoms with E-state index >= 15 is 0 Å². The number of ether oxygens (including phenoxy) is 1.